The number of rotatable bonds is 5. The molecule has 0 radical (unpaired) electrons. The first kappa shape index (κ1) is 13.5. The number of methoxy groups -OCH3 is 1. The normalized spacial score (nSPS) is 12.9. The summed E-state index contributed by atoms with van der Waals surface area (Å²) in [6, 6.07) is 3.25. The number of unbranched alkanes of at least 4 members (excludes halogenated alkanes) is 1. The molecule has 5 heteroatoms. The molecule has 0 unspecified atom stereocenters. The van der Waals surface area contributed by atoms with Crippen LogP contribution in [0.1, 0.15) is 30.1 Å². The van der Waals surface area contributed by atoms with Gasteiger partial charge in [-0.15, -0.1) is 0 Å². The highest BCUT2D eigenvalue weighted by Gasteiger charge is 2.21. The van der Waals surface area contributed by atoms with Crippen molar-refractivity contribution in [1.29, 1.82) is 0 Å². The lowest BCUT2D eigenvalue weighted by Gasteiger charge is -2.21. The van der Waals surface area contributed by atoms with E-state index in [1.54, 1.807) is 12.1 Å². The summed E-state index contributed by atoms with van der Waals surface area (Å²) in [6.45, 7) is 3.61. The first-order valence-corrected chi connectivity index (χ1v) is 6.41. The Bertz CT molecular complexity index is 455. The predicted octanol–water partition coefficient (Wildman–Crippen LogP) is 2.42. The van der Waals surface area contributed by atoms with Crippen molar-refractivity contribution in [3.8, 4) is 17.2 Å². The Morgan fingerprint density at radius 2 is 2.11 bits per heavy atom. The van der Waals surface area contributed by atoms with Crippen LogP contribution in [0.15, 0.2) is 12.1 Å². The number of fused-ring (bicyclic) bond motifs is 1. The van der Waals surface area contributed by atoms with Crippen molar-refractivity contribution in [2.75, 3.05) is 26.9 Å². The second-order valence-corrected chi connectivity index (χ2v) is 4.19. The molecule has 0 aromatic heterocycles. The topological polar surface area (TPSA) is 54.0 Å². The van der Waals surface area contributed by atoms with Gasteiger partial charge in [-0.05, 0) is 18.6 Å². The van der Waals surface area contributed by atoms with Gasteiger partial charge in [0.2, 0.25) is 5.75 Å². The Hall–Kier alpha value is -1.91. The molecule has 1 aromatic rings. The van der Waals surface area contributed by atoms with E-state index in [1.165, 1.54) is 7.11 Å². The maximum absolute atomic E-state index is 11.6. The molecule has 0 saturated carbocycles. The zero-order valence-electron chi connectivity index (χ0n) is 11.2. The van der Waals surface area contributed by atoms with Crippen LogP contribution in [-0.2, 0) is 4.74 Å². The molecule has 104 valence electrons. The van der Waals surface area contributed by atoms with Crippen LogP contribution in [0.4, 0.5) is 0 Å². The number of ether oxygens (including phenoxy) is 4. The monoisotopic (exact) mass is 266 g/mol. The maximum Gasteiger partial charge on any atom is 0.338 e. The van der Waals surface area contributed by atoms with E-state index in [-0.39, 0.29) is 0 Å². The van der Waals surface area contributed by atoms with Crippen molar-refractivity contribution in [3.05, 3.63) is 17.7 Å². The Morgan fingerprint density at radius 1 is 1.32 bits per heavy atom. The van der Waals surface area contributed by atoms with Crippen molar-refractivity contribution in [2.24, 2.45) is 0 Å². The molecule has 0 bridgehead atoms. The van der Waals surface area contributed by atoms with Gasteiger partial charge in [0.05, 0.1) is 19.3 Å². The van der Waals surface area contributed by atoms with Crippen molar-refractivity contribution >= 4 is 5.97 Å². The molecule has 1 aliphatic rings. The molecular formula is C14H18O5. The third kappa shape index (κ3) is 3.10. The van der Waals surface area contributed by atoms with Crippen LogP contribution in [0.5, 0.6) is 17.2 Å². The van der Waals surface area contributed by atoms with Crippen LogP contribution >= 0.6 is 0 Å². The lowest BCUT2D eigenvalue weighted by atomic mass is 10.1. The standard InChI is InChI=1S/C14H18O5/c1-3-4-5-17-11-8-10(14(15)16-2)9-12-13(11)19-7-6-18-12/h8-9H,3-7H2,1-2H3. The van der Waals surface area contributed by atoms with Crippen LogP contribution in [0, 0.1) is 0 Å². The molecular weight excluding hydrogens is 248 g/mol. The maximum atomic E-state index is 11.6. The lowest BCUT2D eigenvalue weighted by molar-refractivity contribution is 0.0598. The third-order valence-corrected chi connectivity index (χ3v) is 2.78. The molecule has 1 aliphatic heterocycles. The zero-order valence-corrected chi connectivity index (χ0v) is 11.2. The van der Waals surface area contributed by atoms with Gasteiger partial charge in [-0.3, -0.25) is 0 Å². The molecule has 0 fully saturated rings. The number of carbonyl (C=O) groups is 1. The largest absolute Gasteiger partial charge is 0.490 e. The Morgan fingerprint density at radius 3 is 2.84 bits per heavy atom. The SMILES string of the molecule is CCCCOc1cc(C(=O)OC)cc2c1OCCO2. The molecule has 0 saturated heterocycles. The van der Waals surface area contributed by atoms with Crippen LogP contribution in [0.3, 0.4) is 0 Å². The number of esters is 1. The van der Waals surface area contributed by atoms with E-state index in [4.69, 9.17) is 18.9 Å². The smallest absolute Gasteiger partial charge is 0.338 e. The number of benzene rings is 1. The summed E-state index contributed by atoms with van der Waals surface area (Å²) in [5, 5.41) is 0. The summed E-state index contributed by atoms with van der Waals surface area (Å²) in [5.41, 5.74) is 0.401. The molecule has 1 aromatic carbocycles. The van der Waals surface area contributed by atoms with E-state index < -0.39 is 5.97 Å². The van der Waals surface area contributed by atoms with E-state index in [2.05, 4.69) is 6.92 Å². The van der Waals surface area contributed by atoms with Crippen LogP contribution < -0.4 is 14.2 Å². The second-order valence-electron chi connectivity index (χ2n) is 4.19. The van der Waals surface area contributed by atoms with Crippen LogP contribution in [-0.4, -0.2) is 32.9 Å². The summed E-state index contributed by atoms with van der Waals surface area (Å²) in [7, 11) is 1.34. The fraction of sp³-hybridized carbons (Fsp3) is 0.500. The highest BCUT2D eigenvalue weighted by atomic mass is 16.6. The van der Waals surface area contributed by atoms with Gasteiger partial charge in [-0.25, -0.2) is 4.79 Å². The highest BCUT2D eigenvalue weighted by molar-refractivity contribution is 5.91. The fourth-order valence-corrected chi connectivity index (χ4v) is 1.79. The molecule has 0 atom stereocenters. The molecule has 0 N–H and O–H groups in total. The Balaban J connectivity index is 2.29. The minimum Gasteiger partial charge on any atom is -0.490 e. The van der Waals surface area contributed by atoms with Gasteiger partial charge in [-0.2, -0.15) is 0 Å². The molecule has 5 nitrogen and oxygen atoms in total. The minimum absolute atomic E-state index is 0.401. The average molecular weight is 266 g/mol. The molecule has 0 aliphatic carbocycles. The summed E-state index contributed by atoms with van der Waals surface area (Å²) in [5.74, 6) is 1.21. The summed E-state index contributed by atoms with van der Waals surface area (Å²) in [6.07, 6.45) is 1.98. The van der Waals surface area contributed by atoms with Crippen molar-refractivity contribution in [2.45, 2.75) is 19.8 Å². The Labute approximate surface area is 112 Å². The molecule has 19 heavy (non-hydrogen) atoms. The summed E-state index contributed by atoms with van der Waals surface area (Å²) >= 11 is 0. The lowest BCUT2D eigenvalue weighted by Crippen LogP contribution is -2.17. The quantitative estimate of drug-likeness (QED) is 0.605. The fourth-order valence-electron chi connectivity index (χ4n) is 1.79. The second kappa shape index (κ2) is 6.31. The molecule has 0 spiro atoms. The first-order valence-electron chi connectivity index (χ1n) is 6.41. The zero-order chi connectivity index (χ0) is 13.7. The van der Waals surface area contributed by atoms with E-state index in [1.807, 2.05) is 0 Å². The first-order chi connectivity index (χ1) is 9.26. The van der Waals surface area contributed by atoms with E-state index in [0.29, 0.717) is 42.6 Å². The van der Waals surface area contributed by atoms with Crippen LogP contribution in [0.25, 0.3) is 0 Å². The number of carbonyl (C=O) groups excluding carboxylic acids is 1. The predicted molar refractivity (Wildman–Crippen MR) is 69.2 cm³/mol. The molecule has 2 rings (SSSR count). The van der Waals surface area contributed by atoms with Gasteiger partial charge in [0, 0.05) is 0 Å². The molecule has 0 amide bonds. The van der Waals surface area contributed by atoms with Crippen LogP contribution in [0.2, 0.25) is 0 Å². The average Bonchev–Trinajstić information content (AvgIpc) is 2.46. The summed E-state index contributed by atoms with van der Waals surface area (Å²) in [4.78, 5) is 11.6. The van der Waals surface area contributed by atoms with Crippen molar-refractivity contribution in [1.82, 2.24) is 0 Å². The van der Waals surface area contributed by atoms with Gasteiger partial charge in [0.25, 0.3) is 0 Å². The van der Waals surface area contributed by atoms with Gasteiger partial charge in [0.1, 0.15) is 13.2 Å². The van der Waals surface area contributed by atoms with Gasteiger partial charge in [-0.1, -0.05) is 13.3 Å². The van der Waals surface area contributed by atoms with E-state index in [0.717, 1.165) is 12.8 Å². The van der Waals surface area contributed by atoms with Crippen molar-refractivity contribution < 1.29 is 23.7 Å². The van der Waals surface area contributed by atoms with Gasteiger partial charge in [0.15, 0.2) is 11.5 Å². The third-order valence-electron chi connectivity index (χ3n) is 2.78. The Kier molecular flexibility index (Phi) is 4.49. The molecule has 1 heterocycles. The number of hydrogen-bond donors (Lipinski definition) is 0. The van der Waals surface area contributed by atoms with Gasteiger partial charge < -0.3 is 18.9 Å². The summed E-state index contributed by atoms with van der Waals surface area (Å²) < 4.78 is 21.4. The van der Waals surface area contributed by atoms with E-state index >= 15 is 0 Å². The minimum atomic E-state index is -0.419. The van der Waals surface area contributed by atoms with Crippen molar-refractivity contribution in [3.63, 3.8) is 0 Å². The highest BCUT2D eigenvalue weighted by Crippen LogP contribution is 2.40. The van der Waals surface area contributed by atoms with E-state index in [9.17, 15) is 4.79 Å². The number of hydrogen-bond acceptors (Lipinski definition) is 5. The van der Waals surface area contributed by atoms with Gasteiger partial charge >= 0.3 is 5.97 Å².